The smallest absolute Gasteiger partial charge is 0.0774 e. The minimum atomic E-state index is -0.492. The third kappa shape index (κ3) is 3.41. The van der Waals surface area contributed by atoms with E-state index in [9.17, 15) is 5.11 Å². The normalized spacial score (nSPS) is 18.8. The van der Waals surface area contributed by atoms with Gasteiger partial charge in [-0.1, -0.05) is 24.4 Å². The summed E-state index contributed by atoms with van der Waals surface area (Å²) in [6, 6.07) is 1.93. The first-order chi connectivity index (χ1) is 8.09. The van der Waals surface area contributed by atoms with Crippen LogP contribution in [0.25, 0.3) is 0 Å². The molecule has 1 aromatic rings. The molecule has 2 rings (SSSR count). The summed E-state index contributed by atoms with van der Waals surface area (Å²) in [6.07, 6.45) is 7.53. The van der Waals surface area contributed by atoms with Crippen molar-refractivity contribution in [1.29, 1.82) is 0 Å². The molecule has 0 amide bonds. The predicted molar refractivity (Wildman–Crippen MR) is 69.0 cm³/mol. The Morgan fingerprint density at radius 3 is 2.82 bits per heavy atom. The van der Waals surface area contributed by atoms with Crippen LogP contribution in [0.1, 0.15) is 31.2 Å². The Kier molecular flexibility index (Phi) is 4.02. The molecule has 1 heterocycles. The van der Waals surface area contributed by atoms with E-state index >= 15 is 0 Å². The lowest BCUT2D eigenvalue weighted by Gasteiger charge is -2.28. The third-order valence-corrected chi connectivity index (χ3v) is 3.74. The largest absolute Gasteiger partial charge is 0.389 e. The zero-order valence-electron chi connectivity index (χ0n) is 10.2. The molecule has 1 aromatic heterocycles. The maximum absolute atomic E-state index is 10.3. The maximum atomic E-state index is 10.3. The van der Waals surface area contributed by atoms with E-state index < -0.39 is 5.60 Å². The summed E-state index contributed by atoms with van der Waals surface area (Å²) in [6.45, 7) is 1.47. The van der Waals surface area contributed by atoms with Crippen LogP contribution in [0, 0.1) is 0 Å². The molecule has 0 atom stereocenters. The van der Waals surface area contributed by atoms with Crippen LogP contribution in [-0.4, -0.2) is 34.2 Å². The van der Waals surface area contributed by atoms with E-state index in [0.29, 0.717) is 11.6 Å². The molecule has 0 saturated heterocycles. The molecule has 0 radical (unpaired) electrons. The van der Waals surface area contributed by atoms with Gasteiger partial charge in [-0.15, -0.1) is 0 Å². The number of nitrogens with zero attached hydrogens (tertiary/aromatic N) is 2. The molecule has 1 N–H and O–H groups in total. The fourth-order valence-corrected chi connectivity index (χ4v) is 2.75. The van der Waals surface area contributed by atoms with E-state index in [1.807, 2.05) is 13.1 Å². The van der Waals surface area contributed by atoms with Crippen molar-refractivity contribution in [2.24, 2.45) is 0 Å². The Bertz CT molecular complexity index is 377. The van der Waals surface area contributed by atoms with E-state index in [-0.39, 0.29) is 0 Å². The number of aliphatic hydroxyl groups is 1. The highest BCUT2D eigenvalue weighted by atomic mass is 35.5. The monoisotopic (exact) mass is 254 g/mol. The second-order valence-electron chi connectivity index (χ2n) is 5.07. The summed E-state index contributed by atoms with van der Waals surface area (Å²) in [5, 5.41) is 11.0. The first-order valence-electron chi connectivity index (χ1n) is 6.08. The van der Waals surface area contributed by atoms with Gasteiger partial charge >= 0.3 is 0 Å². The van der Waals surface area contributed by atoms with Gasteiger partial charge in [0.25, 0.3) is 0 Å². The number of halogens is 1. The van der Waals surface area contributed by atoms with Gasteiger partial charge in [0, 0.05) is 25.5 Å². The summed E-state index contributed by atoms with van der Waals surface area (Å²) in [5.41, 5.74) is 0.569. The van der Waals surface area contributed by atoms with Crippen LogP contribution in [0.2, 0.25) is 5.02 Å². The van der Waals surface area contributed by atoms with Gasteiger partial charge in [0.1, 0.15) is 0 Å². The number of likely N-dealkylation sites (N-methyl/N-ethyl adjacent to an activating group) is 1. The van der Waals surface area contributed by atoms with Gasteiger partial charge in [-0.2, -0.15) is 0 Å². The summed E-state index contributed by atoms with van der Waals surface area (Å²) in [4.78, 5) is 6.10. The van der Waals surface area contributed by atoms with E-state index in [0.717, 1.165) is 37.8 Å². The molecule has 94 valence electrons. The quantitative estimate of drug-likeness (QED) is 0.897. The Balaban J connectivity index is 1.93. The molecular weight excluding hydrogens is 236 g/mol. The van der Waals surface area contributed by atoms with Crippen LogP contribution in [0.3, 0.4) is 0 Å². The third-order valence-electron chi connectivity index (χ3n) is 3.40. The standard InChI is InChI=1S/C13H19ClN2O/c1-16(10-13(17)5-2-3-6-13)9-11-4-7-15-8-12(11)14/h4,7-8,17H,2-3,5-6,9-10H2,1H3. The molecule has 0 aliphatic heterocycles. The minimum Gasteiger partial charge on any atom is -0.389 e. The molecule has 17 heavy (non-hydrogen) atoms. The molecule has 4 heteroatoms. The fraction of sp³-hybridized carbons (Fsp3) is 0.615. The van der Waals surface area contributed by atoms with Crippen molar-refractivity contribution in [1.82, 2.24) is 9.88 Å². The highest BCUT2D eigenvalue weighted by molar-refractivity contribution is 6.31. The summed E-state index contributed by atoms with van der Waals surface area (Å²) in [7, 11) is 2.02. The van der Waals surface area contributed by atoms with Gasteiger partial charge in [-0.3, -0.25) is 9.88 Å². The first kappa shape index (κ1) is 12.8. The number of aromatic nitrogens is 1. The predicted octanol–water partition coefficient (Wildman–Crippen LogP) is 2.47. The molecule has 1 aliphatic rings. The number of pyridine rings is 1. The second kappa shape index (κ2) is 5.34. The number of hydrogen-bond acceptors (Lipinski definition) is 3. The molecule has 0 spiro atoms. The van der Waals surface area contributed by atoms with Crippen LogP contribution in [0.5, 0.6) is 0 Å². The lowest BCUT2D eigenvalue weighted by atomic mass is 10.0. The number of rotatable bonds is 4. The van der Waals surface area contributed by atoms with Gasteiger partial charge in [-0.25, -0.2) is 0 Å². The number of hydrogen-bond donors (Lipinski definition) is 1. The Morgan fingerprint density at radius 2 is 2.18 bits per heavy atom. The zero-order chi connectivity index (χ0) is 12.3. The lowest BCUT2D eigenvalue weighted by Crippen LogP contribution is -2.38. The van der Waals surface area contributed by atoms with Gasteiger partial charge in [0.05, 0.1) is 10.6 Å². The lowest BCUT2D eigenvalue weighted by molar-refractivity contribution is 0.0145. The molecule has 0 bridgehead atoms. The highest BCUT2D eigenvalue weighted by Crippen LogP contribution is 2.30. The molecule has 1 aliphatic carbocycles. The topological polar surface area (TPSA) is 36.4 Å². The summed E-state index contributed by atoms with van der Waals surface area (Å²) < 4.78 is 0. The second-order valence-corrected chi connectivity index (χ2v) is 5.48. The van der Waals surface area contributed by atoms with Crippen molar-refractivity contribution in [3.05, 3.63) is 29.0 Å². The van der Waals surface area contributed by atoms with Gasteiger partial charge in [0.2, 0.25) is 0 Å². The first-order valence-corrected chi connectivity index (χ1v) is 6.46. The summed E-state index contributed by atoms with van der Waals surface area (Å²) in [5.74, 6) is 0. The molecule has 1 fully saturated rings. The van der Waals surface area contributed by atoms with Crippen molar-refractivity contribution in [3.63, 3.8) is 0 Å². The van der Waals surface area contributed by atoms with E-state index in [1.54, 1.807) is 12.4 Å². The van der Waals surface area contributed by atoms with Crippen LogP contribution < -0.4 is 0 Å². The Hall–Kier alpha value is -0.640. The van der Waals surface area contributed by atoms with Gasteiger partial charge in [-0.05, 0) is 31.5 Å². The molecule has 0 aromatic carbocycles. The maximum Gasteiger partial charge on any atom is 0.0774 e. The summed E-state index contributed by atoms with van der Waals surface area (Å²) >= 11 is 6.07. The van der Waals surface area contributed by atoms with Gasteiger partial charge < -0.3 is 5.11 Å². The molecule has 3 nitrogen and oxygen atoms in total. The van der Waals surface area contributed by atoms with Crippen molar-refractivity contribution in [2.45, 2.75) is 37.8 Å². The van der Waals surface area contributed by atoms with Crippen molar-refractivity contribution < 1.29 is 5.11 Å². The van der Waals surface area contributed by atoms with Crippen LogP contribution in [-0.2, 0) is 6.54 Å². The van der Waals surface area contributed by atoms with Crippen LogP contribution in [0.4, 0.5) is 0 Å². The van der Waals surface area contributed by atoms with E-state index in [2.05, 4.69) is 9.88 Å². The average molecular weight is 255 g/mol. The van der Waals surface area contributed by atoms with Crippen molar-refractivity contribution in [2.75, 3.05) is 13.6 Å². The minimum absolute atomic E-state index is 0.492. The molecule has 1 saturated carbocycles. The van der Waals surface area contributed by atoms with Crippen molar-refractivity contribution in [3.8, 4) is 0 Å². The zero-order valence-corrected chi connectivity index (χ0v) is 11.0. The Labute approximate surface area is 107 Å². The van der Waals surface area contributed by atoms with Crippen LogP contribution >= 0.6 is 11.6 Å². The Morgan fingerprint density at radius 1 is 1.47 bits per heavy atom. The van der Waals surface area contributed by atoms with E-state index in [1.165, 1.54) is 0 Å². The molecule has 0 unspecified atom stereocenters. The van der Waals surface area contributed by atoms with Gasteiger partial charge in [0.15, 0.2) is 0 Å². The van der Waals surface area contributed by atoms with Crippen LogP contribution in [0.15, 0.2) is 18.5 Å². The molecular formula is C13H19ClN2O. The average Bonchev–Trinajstić information content (AvgIpc) is 2.68. The fourth-order valence-electron chi connectivity index (χ4n) is 2.57. The highest BCUT2D eigenvalue weighted by Gasteiger charge is 2.32. The van der Waals surface area contributed by atoms with Crippen molar-refractivity contribution >= 4 is 11.6 Å². The van der Waals surface area contributed by atoms with E-state index in [4.69, 9.17) is 11.6 Å². The SMILES string of the molecule is CN(Cc1ccncc1Cl)CC1(O)CCCC1.